The molecule has 0 aromatic rings. The van der Waals surface area contributed by atoms with Crippen molar-refractivity contribution in [2.24, 2.45) is 0 Å². The van der Waals surface area contributed by atoms with Crippen LogP contribution in [0.4, 0.5) is 0 Å². The molecule has 0 saturated carbocycles. The highest BCUT2D eigenvalue weighted by Crippen LogP contribution is 1.89. The summed E-state index contributed by atoms with van der Waals surface area (Å²) in [5.41, 5.74) is 0. The molecule has 0 amide bonds. The Kier molecular flexibility index (Phi) is 13.3. The van der Waals surface area contributed by atoms with Crippen LogP contribution in [0.15, 0.2) is 12.3 Å². The van der Waals surface area contributed by atoms with E-state index in [0.29, 0.717) is 6.61 Å². The maximum atomic E-state index is 10.7. The summed E-state index contributed by atoms with van der Waals surface area (Å²) in [7, 11) is 1.48. The summed E-state index contributed by atoms with van der Waals surface area (Å²) in [6.45, 7) is 3.61. The van der Waals surface area contributed by atoms with Crippen molar-refractivity contribution in [3.63, 3.8) is 0 Å². The number of carboxylic acids is 1. The average molecular weight is 218 g/mol. The smallest absolute Gasteiger partial charge is 0.333 e. The molecule has 0 unspecified atom stereocenters. The van der Waals surface area contributed by atoms with Crippen LogP contribution in [-0.2, 0) is 19.1 Å². The Morgan fingerprint density at radius 1 is 1.40 bits per heavy atom. The summed E-state index contributed by atoms with van der Waals surface area (Å²) < 4.78 is 9.32. The summed E-state index contributed by atoms with van der Waals surface area (Å²) in [6.07, 6.45) is 4.50. The van der Waals surface area contributed by atoms with Crippen LogP contribution in [0.25, 0.3) is 0 Å². The summed E-state index contributed by atoms with van der Waals surface area (Å²) in [4.78, 5) is 19.7. The molecule has 15 heavy (non-hydrogen) atoms. The van der Waals surface area contributed by atoms with E-state index >= 15 is 0 Å². The van der Waals surface area contributed by atoms with E-state index in [2.05, 4.69) is 4.74 Å². The van der Waals surface area contributed by atoms with Crippen LogP contribution in [0.2, 0.25) is 0 Å². The lowest BCUT2D eigenvalue weighted by atomic mass is 10.4. The number of carboxylic acid groups (broad SMARTS) is 1. The lowest BCUT2D eigenvalue weighted by Gasteiger charge is -1.98. The fourth-order valence-electron chi connectivity index (χ4n) is 0.489. The van der Waals surface area contributed by atoms with Gasteiger partial charge in [-0.15, -0.1) is 0 Å². The molecule has 0 rings (SSSR count). The van der Waals surface area contributed by atoms with Crippen molar-refractivity contribution in [3.05, 3.63) is 12.3 Å². The summed E-state index contributed by atoms with van der Waals surface area (Å²) in [5, 5.41) is 7.42. The Morgan fingerprint density at radius 2 is 1.93 bits per heavy atom. The number of unbranched alkanes of at least 4 members (excludes halogenated alkanes) is 1. The molecule has 0 aliphatic carbocycles. The molecular formula is C10H18O5. The van der Waals surface area contributed by atoms with Crippen molar-refractivity contribution in [3.8, 4) is 0 Å². The number of carbonyl (C=O) groups is 2. The predicted molar refractivity (Wildman–Crippen MR) is 55.3 cm³/mol. The van der Waals surface area contributed by atoms with Crippen molar-refractivity contribution in [1.29, 1.82) is 0 Å². The van der Waals surface area contributed by atoms with Gasteiger partial charge in [0, 0.05) is 6.92 Å². The van der Waals surface area contributed by atoms with E-state index < -0.39 is 5.97 Å². The molecule has 1 N–H and O–H groups in total. The number of methoxy groups -OCH3 is 1. The zero-order chi connectivity index (χ0) is 12.1. The van der Waals surface area contributed by atoms with Crippen LogP contribution < -0.4 is 0 Å². The van der Waals surface area contributed by atoms with Crippen molar-refractivity contribution in [2.45, 2.75) is 26.7 Å². The van der Waals surface area contributed by atoms with Crippen molar-refractivity contribution in [2.75, 3.05) is 13.7 Å². The average Bonchev–Trinajstić information content (AvgIpc) is 2.14. The van der Waals surface area contributed by atoms with Gasteiger partial charge in [-0.05, 0) is 6.42 Å². The van der Waals surface area contributed by atoms with Crippen LogP contribution in [0.5, 0.6) is 0 Å². The van der Waals surface area contributed by atoms with E-state index in [-0.39, 0.29) is 5.97 Å². The van der Waals surface area contributed by atoms with E-state index in [0.717, 1.165) is 19.8 Å². The number of rotatable bonds is 5. The van der Waals surface area contributed by atoms with Crippen LogP contribution in [0.3, 0.4) is 0 Å². The molecular weight excluding hydrogens is 200 g/mol. The number of aliphatic carboxylic acids is 1. The molecule has 0 aromatic carbocycles. The molecule has 0 aliphatic rings. The third kappa shape index (κ3) is 24.5. The lowest BCUT2D eigenvalue weighted by Crippen LogP contribution is -2.01. The minimum absolute atomic E-state index is 0.347. The van der Waals surface area contributed by atoms with E-state index in [1.54, 1.807) is 0 Å². The molecule has 0 saturated heterocycles. The first kappa shape index (κ1) is 15.9. The van der Waals surface area contributed by atoms with E-state index in [9.17, 15) is 4.79 Å². The van der Waals surface area contributed by atoms with Gasteiger partial charge in [-0.1, -0.05) is 13.3 Å². The fourth-order valence-corrected chi connectivity index (χ4v) is 0.489. The summed E-state index contributed by atoms with van der Waals surface area (Å²) >= 11 is 0. The highest BCUT2D eigenvalue weighted by molar-refractivity contribution is 5.81. The van der Waals surface area contributed by atoms with Gasteiger partial charge in [0.1, 0.15) is 0 Å². The Bertz CT molecular complexity index is 194. The van der Waals surface area contributed by atoms with Gasteiger partial charge in [-0.25, -0.2) is 4.79 Å². The third-order valence-electron chi connectivity index (χ3n) is 1.08. The quantitative estimate of drug-likeness (QED) is 0.328. The molecule has 5 nitrogen and oxygen atoms in total. The fraction of sp³-hybridized carbons (Fsp3) is 0.600. The lowest BCUT2D eigenvalue weighted by molar-refractivity contribution is -0.138. The molecule has 0 atom stereocenters. The van der Waals surface area contributed by atoms with Gasteiger partial charge in [0.2, 0.25) is 0 Å². The van der Waals surface area contributed by atoms with E-state index in [4.69, 9.17) is 14.6 Å². The molecule has 0 heterocycles. The number of ether oxygens (including phenoxy) is 2. The minimum Gasteiger partial charge on any atom is -0.504 e. The van der Waals surface area contributed by atoms with E-state index in [1.807, 2.05) is 6.92 Å². The maximum Gasteiger partial charge on any atom is 0.333 e. The third-order valence-corrected chi connectivity index (χ3v) is 1.08. The molecule has 0 bridgehead atoms. The van der Waals surface area contributed by atoms with Crippen LogP contribution in [-0.4, -0.2) is 30.8 Å². The zero-order valence-corrected chi connectivity index (χ0v) is 9.36. The predicted octanol–water partition coefficient (Wildman–Crippen LogP) is 1.58. The molecule has 0 radical (unpaired) electrons. The van der Waals surface area contributed by atoms with Crippen molar-refractivity contribution < 1.29 is 24.2 Å². The highest BCUT2D eigenvalue weighted by atomic mass is 16.5. The Labute approximate surface area is 89.7 Å². The summed E-state index contributed by atoms with van der Waals surface area (Å²) in [5.74, 6) is -1.18. The van der Waals surface area contributed by atoms with Crippen molar-refractivity contribution in [1.82, 2.24) is 0 Å². The van der Waals surface area contributed by atoms with Gasteiger partial charge in [-0.2, -0.15) is 0 Å². The van der Waals surface area contributed by atoms with Gasteiger partial charge in [0.05, 0.1) is 26.1 Å². The zero-order valence-electron chi connectivity index (χ0n) is 9.36. The minimum atomic E-state index is -0.833. The SMILES string of the molecule is CC(=O)O.CCCCOC(=O)C=COC. The molecule has 88 valence electrons. The normalized spacial score (nSPS) is 9.00. The van der Waals surface area contributed by atoms with Gasteiger partial charge in [-0.3, -0.25) is 4.79 Å². The van der Waals surface area contributed by atoms with E-state index in [1.165, 1.54) is 19.4 Å². The van der Waals surface area contributed by atoms with Crippen LogP contribution in [0.1, 0.15) is 26.7 Å². The van der Waals surface area contributed by atoms with Crippen LogP contribution >= 0.6 is 0 Å². The Balaban J connectivity index is 0. The highest BCUT2D eigenvalue weighted by Gasteiger charge is 1.93. The van der Waals surface area contributed by atoms with Gasteiger partial charge in [0.15, 0.2) is 0 Å². The first-order chi connectivity index (χ1) is 7.04. The van der Waals surface area contributed by atoms with Crippen LogP contribution in [0, 0.1) is 0 Å². The first-order valence-corrected chi connectivity index (χ1v) is 4.60. The molecule has 0 aliphatic heterocycles. The largest absolute Gasteiger partial charge is 0.504 e. The number of hydrogen-bond acceptors (Lipinski definition) is 4. The number of carbonyl (C=O) groups excluding carboxylic acids is 1. The molecule has 0 spiro atoms. The molecule has 0 fully saturated rings. The van der Waals surface area contributed by atoms with Gasteiger partial charge in [0.25, 0.3) is 5.97 Å². The molecule has 0 aromatic heterocycles. The Morgan fingerprint density at radius 3 is 2.33 bits per heavy atom. The molecule has 5 heteroatoms. The topological polar surface area (TPSA) is 72.8 Å². The van der Waals surface area contributed by atoms with Gasteiger partial charge >= 0.3 is 5.97 Å². The maximum absolute atomic E-state index is 10.7. The second-order valence-corrected chi connectivity index (χ2v) is 2.58. The Hall–Kier alpha value is -1.52. The monoisotopic (exact) mass is 218 g/mol. The second kappa shape index (κ2) is 12.5. The standard InChI is InChI=1S/C8H14O3.C2H4O2/c1-3-4-6-11-8(9)5-7-10-2;1-2(3)4/h5,7H,3-4,6H2,1-2H3;1H3,(H,3,4). The summed E-state index contributed by atoms with van der Waals surface area (Å²) in [6, 6.07) is 0. The second-order valence-electron chi connectivity index (χ2n) is 2.58. The first-order valence-electron chi connectivity index (χ1n) is 4.60. The number of hydrogen-bond donors (Lipinski definition) is 1. The number of esters is 1. The van der Waals surface area contributed by atoms with Gasteiger partial charge < -0.3 is 14.6 Å². The van der Waals surface area contributed by atoms with Crippen molar-refractivity contribution >= 4 is 11.9 Å².